The molecule has 0 aliphatic carbocycles. The van der Waals surface area contributed by atoms with Crippen LogP contribution in [0.15, 0.2) is 63.3 Å². The summed E-state index contributed by atoms with van der Waals surface area (Å²) in [7, 11) is 4.62. The number of benzene rings is 2. The van der Waals surface area contributed by atoms with Crippen LogP contribution in [-0.2, 0) is 11.2 Å². The van der Waals surface area contributed by atoms with E-state index < -0.39 is 11.2 Å². The third-order valence-electron chi connectivity index (χ3n) is 5.21. The molecular weight excluding hydrogens is 500 g/mol. The molecule has 0 saturated heterocycles. The van der Waals surface area contributed by atoms with Crippen molar-refractivity contribution in [3.05, 3.63) is 80.9 Å². The number of hydrogen-bond donors (Lipinski definition) is 3. The second-order valence-electron chi connectivity index (χ2n) is 7.63. The highest BCUT2D eigenvalue weighted by atomic mass is 32.2. The van der Waals surface area contributed by atoms with Crippen molar-refractivity contribution in [3.63, 3.8) is 0 Å². The van der Waals surface area contributed by atoms with Gasteiger partial charge in [0, 0.05) is 29.9 Å². The zero-order valence-corrected chi connectivity index (χ0v) is 21.0. The molecule has 3 N–H and O–H groups in total. The molecule has 4 aromatic rings. The minimum atomic E-state index is -0.614. The molecule has 0 aliphatic rings. The molecule has 13 heteroatoms. The van der Waals surface area contributed by atoms with Crippen molar-refractivity contribution in [1.82, 2.24) is 24.7 Å². The summed E-state index contributed by atoms with van der Waals surface area (Å²) in [5.41, 5.74) is 0.425. The van der Waals surface area contributed by atoms with Crippen molar-refractivity contribution < 1.29 is 19.0 Å². The molecule has 0 unspecified atom stereocenters. The standard InChI is InChI=1S/C24H24N6O6S/c1-34-16-6-4-15(5-7-16)30-20(10-14-11-21(31)27-23(33)25-14)28-29-24(30)37-13-22(32)26-18-12-17(35-2)8-9-19(18)36-3/h4-9,11-12H,10,13H2,1-3H3,(H,26,32)(H2,25,27,31,33). The zero-order valence-electron chi connectivity index (χ0n) is 20.2. The number of aromatic nitrogens is 5. The number of nitrogens with zero attached hydrogens (tertiary/aromatic N) is 3. The molecule has 4 rings (SSSR count). The SMILES string of the molecule is COc1ccc(-n2c(Cc3cc(=O)[nH]c(=O)[nH]3)nnc2SCC(=O)Nc2cc(OC)ccc2OC)cc1. The molecule has 0 radical (unpaired) electrons. The predicted molar refractivity (Wildman–Crippen MR) is 137 cm³/mol. The Morgan fingerprint density at radius 1 is 0.946 bits per heavy atom. The molecule has 0 aliphatic heterocycles. The van der Waals surface area contributed by atoms with Gasteiger partial charge in [-0.1, -0.05) is 11.8 Å². The highest BCUT2D eigenvalue weighted by Crippen LogP contribution is 2.30. The lowest BCUT2D eigenvalue weighted by molar-refractivity contribution is -0.113. The van der Waals surface area contributed by atoms with Gasteiger partial charge in [-0.3, -0.25) is 19.1 Å². The van der Waals surface area contributed by atoms with Crippen LogP contribution in [0.4, 0.5) is 5.69 Å². The van der Waals surface area contributed by atoms with Gasteiger partial charge in [-0.2, -0.15) is 0 Å². The smallest absolute Gasteiger partial charge is 0.325 e. The predicted octanol–water partition coefficient (Wildman–Crippen LogP) is 1.99. The maximum Gasteiger partial charge on any atom is 0.325 e. The Kier molecular flexibility index (Phi) is 7.93. The second-order valence-corrected chi connectivity index (χ2v) is 8.57. The van der Waals surface area contributed by atoms with E-state index in [1.807, 2.05) is 12.1 Å². The third-order valence-corrected chi connectivity index (χ3v) is 6.14. The highest BCUT2D eigenvalue weighted by Gasteiger charge is 2.18. The number of aromatic amines is 2. The van der Waals surface area contributed by atoms with E-state index in [0.717, 1.165) is 0 Å². The fraction of sp³-hybridized carbons (Fsp3) is 0.208. The number of ether oxygens (including phenoxy) is 3. The Hall–Kier alpha value is -4.52. The largest absolute Gasteiger partial charge is 0.497 e. The van der Waals surface area contributed by atoms with Gasteiger partial charge in [-0.25, -0.2) is 4.79 Å². The van der Waals surface area contributed by atoms with Crippen molar-refractivity contribution in [2.75, 3.05) is 32.4 Å². The average Bonchev–Trinajstić information content (AvgIpc) is 3.28. The van der Waals surface area contributed by atoms with Crippen LogP contribution in [0.25, 0.3) is 5.69 Å². The highest BCUT2D eigenvalue weighted by molar-refractivity contribution is 7.99. The van der Waals surface area contributed by atoms with Crippen LogP contribution in [0.2, 0.25) is 0 Å². The molecule has 0 bridgehead atoms. The number of hydrogen-bond acceptors (Lipinski definition) is 9. The van der Waals surface area contributed by atoms with Gasteiger partial charge >= 0.3 is 5.69 Å². The molecular formula is C24H24N6O6S. The molecule has 192 valence electrons. The van der Waals surface area contributed by atoms with Gasteiger partial charge in [-0.05, 0) is 36.4 Å². The molecule has 1 amide bonds. The van der Waals surface area contributed by atoms with Gasteiger partial charge in [-0.15, -0.1) is 10.2 Å². The Balaban J connectivity index is 1.59. The number of anilines is 1. The Labute approximate surface area is 215 Å². The topological polar surface area (TPSA) is 153 Å². The first-order chi connectivity index (χ1) is 17.9. The van der Waals surface area contributed by atoms with E-state index in [0.29, 0.717) is 45.3 Å². The first kappa shape index (κ1) is 25.6. The number of thioether (sulfide) groups is 1. The van der Waals surface area contributed by atoms with Crippen LogP contribution >= 0.6 is 11.8 Å². The summed E-state index contributed by atoms with van der Waals surface area (Å²) in [4.78, 5) is 41.0. The number of carbonyl (C=O) groups excluding carboxylic acids is 1. The fourth-order valence-corrected chi connectivity index (χ4v) is 4.28. The van der Waals surface area contributed by atoms with Crippen molar-refractivity contribution >= 4 is 23.4 Å². The summed E-state index contributed by atoms with van der Waals surface area (Å²) < 4.78 is 17.5. The number of nitrogens with one attached hydrogen (secondary N) is 3. The van der Waals surface area contributed by atoms with Gasteiger partial charge in [0.05, 0.1) is 32.8 Å². The lowest BCUT2D eigenvalue weighted by Gasteiger charge is -2.13. The minimum Gasteiger partial charge on any atom is -0.497 e. The van der Waals surface area contributed by atoms with E-state index in [-0.39, 0.29) is 18.1 Å². The molecule has 0 atom stereocenters. The van der Waals surface area contributed by atoms with E-state index in [1.54, 1.807) is 42.0 Å². The summed E-state index contributed by atoms with van der Waals surface area (Å²) in [5.74, 6) is 1.93. The summed E-state index contributed by atoms with van der Waals surface area (Å²) in [5, 5.41) is 11.8. The molecule has 37 heavy (non-hydrogen) atoms. The summed E-state index contributed by atoms with van der Waals surface area (Å²) in [6.07, 6.45) is 0.131. The second kappa shape index (κ2) is 11.5. The molecule has 0 spiro atoms. The van der Waals surface area contributed by atoms with Crippen molar-refractivity contribution in [1.29, 1.82) is 0 Å². The number of carbonyl (C=O) groups is 1. The van der Waals surface area contributed by atoms with Crippen LogP contribution in [0.1, 0.15) is 11.5 Å². The molecule has 2 aromatic carbocycles. The zero-order chi connectivity index (χ0) is 26.4. The van der Waals surface area contributed by atoms with Gasteiger partial charge < -0.3 is 24.5 Å². The Bertz CT molecular complexity index is 1480. The maximum absolute atomic E-state index is 12.8. The fourth-order valence-electron chi connectivity index (χ4n) is 3.51. The first-order valence-corrected chi connectivity index (χ1v) is 11.9. The maximum atomic E-state index is 12.8. The minimum absolute atomic E-state index is 0.0243. The molecule has 2 heterocycles. The molecule has 12 nitrogen and oxygen atoms in total. The van der Waals surface area contributed by atoms with Gasteiger partial charge in [0.2, 0.25) is 5.91 Å². The van der Waals surface area contributed by atoms with Crippen LogP contribution in [0.3, 0.4) is 0 Å². The van der Waals surface area contributed by atoms with Crippen LogP contribution < -0.4 is 30.8 Å². The lowest BCUT2D eigenvalue weighted by Crippen LogP contribution is -2.23. The van der Waals surface area contributed by atoms with Crippen molar-refractivity contribution in [2.24, 2.45) is 0 Å². The number of H-pyrrole nitrogens is 2. The summed E-state index contributed by atoms with van der Waals surface area (Å²) >= 11 is 1.17. The Morgan fingerprint density at radius 3 is 2.35 bits per heavy atom. The average molecular weight is 525 g/mol. The number of amides is 1. The lowest BCUT2D eigenvalue weighted by atomic mass is 10.2. The van der Waals surface area contributed by atoms with E-state index in [2.05, 4.69) is 25.5 Å². The number of rotatable bonds is 10. The van der Waals surface area contributed by atoms with Crippen LogP contribution in [0, 0.1) is 0 Å². The van der Waals surface area contributed by atoms with Crippen LogP contribution in [-0.4, -0.2) is 57.7 Å². The van der Waals surface area contributed by atoms with Gasteiger partial charge in [0.15, 0.2) is 5.16 Å². The van der Waals surface area contributed by atoms with E-state index >= 15 is 0 Å². The summed E-state index contributed by atoms with van der Waals surface area (Å²) in [6.45, 7) is 0. The van der Waals surface area contributed by atoms with E-state index in [1.165, 1.54) is 32.0 Å². The third kappa shape index (κ3) is 6.19. The quantitative estimate of drug-likeness (QED) is 0.264. The van der Waals surface area contributed by atoms with Crippen LogP contribution in [0.5, 0.6) is 17.2 Å². The molecule has 2 aromatic heterocycles. The first-order valence-electron chi connectivity index (χ1n) is 11.0. The summed E-state index contributed by atoms with van der Waals surface area (Å²) in [6, 6.07) is 13.6. The Morgan fingerprint density at radius 2 is 1.68 bits per heavy atom. The molecule has 0 saturated carbocycles. The number of methoxy groups -OCH3 is 3. The molecule has 0 fully saturated rings. The van der Waals surface area contributed by atoms with Gasteiger partial charge in [0.1, 0.15) is 23.1 Å². The van der Waals surface area contributed by atoms with Crippen molar-refractivity contribution in [3.8, 4) is 22.9 Å². The van der Waals surface area contributed by atoms with Crippen molar-refractivity contribution in [2.45, 2.75) is 11.6 Å². The monoisotopic (exact) mass is 524 g/mol. The normalized spacial score (nSPS) is 10.7. The van der Waals surface area contributed by atoms with E-state index in [4.69, 9.17) is 14.2 Å². The van der Waals surface area contributed by atoms with Gasteiger partial charge in [0.25, 0.3) is 5.56 Å². The van der Waals surface area contributed by atoms with E-state index in [9.17, 15) is 14.4 Å².